The molecule has 0 bridgehead atoms. The van der Waals surface area contributed by atoms with Gasteiger partial charge < -0.3 is 9.84 Å². The Morgan fingerprint density at radius 1 is 1.44 bits per heavy atom. The fourth-order valence-electron chi connectivity index (χ4n) is 1.92. The van der Waals surface area contributed by atoms with Crippen molar-refractivity contribution >= 4 is 16.9 Å². The number of amidine groups is 1. The van der Waals surface area contributed by atoms with E-state index in [1.807, 2.05) is 11.8 Å². The van der Waals surface area contributed by atoms with Gasteiger partial charge in [-0.3, -0.25) is 4.99 Å². The molecular formula is C12H20N4OS. The lowest BCUT2D eigenvalue weighted by Gasteiger charge is -2.25. The van der Waals surface area contributed by atoms with Gasteiger partial charge in [-0.25, -0.2) is 0 Å². The molecule has 0 atom stereocenters. The first-order valence-corrected chi connectivity index (χ1v) is 7.40. The van der Waals surface area contributed by atoms with E-state index < -0.39 is 0 Å². The first kappa shape index (κ1) is 13.4. The van der Waals surface area contributed by atoms with Gasteiger partial charge in [0.1, 0.15) is 0 Å². The van der Waals surface area contributed by atoms with Crippen molar-refractivity contribution in [1.82, 2.24) is 15.5 Å². The summed E-state index contributed by atoms with van der Waals surface area (Å²) in [6.45, 7) is 6.95. The molecule has 1 aliphatic heterocycles. The van der Waals surface area contributed by atoms with Crippen molar-refractivity contribution in [3.05, 3.63) is 11.7 Å². The van der Waals surface area contributed by atoms with Gasteiger partial charge in [-0.15, -0.1) is 0 Å². The minimum Gasteiger partial charge on any atom is -0.359 e. The Kier molecular flexibility index (Phi) is 4.27. The molecule has 5 nitrogen and oxygen atoms in total. The topological polar surface area (TPSA) is 63.3 Å². The zero-order valence-corrected chi connectivity index (χ0v) is 12.0. The second-order valence-electron chi connectivity index (χ2n) is 4.57. The number of hydrogen-bond donors (Lipinski definition) is 1. The number of aryl methyl sites for hydroxylation is 1. The van der Waals surface area contributed by atoms with Crippen molar-refractivity contribution in [1.29, 1.82) is 0 Å². The summed E-state index contributed by atoms with van der Waals surface area (Å²) in [5.74, 6) is 2.46. The van der Waals surface area contributed by atoms with Crippen LogP contribution in [0, 0.1) is 6.92 Å². The molecule has 6 heteroatoms. The summed E-state index contributed by atoms with van der Waals surface area (Å²) in [7, 11) is 0. The van der Waals surface area contributed by atoms with Crippen molar-refractivity contribution in [2.45, 2.75) is 45.6 Å². The number of hydrogen-bond acceptors (Lipinski definition) is 5. The van der Waals surface area contributed by atoms with E-state index in [0.717, 1.165) is 36.0 Å². The van der Waals surface area contributed by atoms with Gasteiger partial charge in [0.25, 0.3) is 0 Å². The second kappa shape index (κ2) is 5.73. The molecule has 0 aliphatic carbocycles. The van der Waals surface area contributed by atoms with Gasteiger partial charge in [0.05, 0.1) is 0 Å². The van der Waals surface area contributed by atoms with Gasteiger partial charge >= 0.3 is 0 Å². The normalized spacial score (nSPS) is 20.3. The maximum Gasteiger partial charge on any atom is 0.223 e. The van der Waals surface area contributed by atoms with Crippen molar-refractivity contribution in [3.63, 3.8) is 0 Å². The van der Waals surface area contributed by atoms with Gasteiger partial charge in [-0.2, -0.15) is 4.98 Å². The molecular weight excluding hydrogens is 248 g/mol. The molecule has 0 radical (unpaired) electrons. The van der Waals surface area contributed by atoms with Crippen molar-refractivity contribution in [2.24, 2.45) is 4.99 Å². The highest BCUT2D eigenvalue weighted by Gasteiger charge is 2.33. The quantitative estimate of drug-likeness (QED) is 0.886. The predicted octanol–water partition coefficient (Wildman–Crippen LogP) is 2.17. The van der Waals surface area contributed by atoms with Crippen LogP contribution in [0.25, 0.3) is 0 Å². The van der Waals surface area contributed by atoms with E-state index in [4.69, 9.17) is 4.52 Å². The average molecular weight is 268 g/mol. The SMILES string of the molecule is CCC1(CC)CSC(=NCCc2noc(C)n2)N1. The lowest BCUT2D eigenvalue weighted by atomic mass is 9.96. The largest absolute Gasteiger partial charge is 0.359 e. The number of aliphatic imine (C=N–C) groups is 1. The molecule has 1 aromatic rings. The standard InChI is InChI=1S/C12H20N4OS/c1-4-12(5-2)8-18-11(15-12)13-7-6-10-14-9(3)17-16-10/h4-8H2,1-3H3,(H,13,15). The first-order valence-electron chi connectivity index (χ1n) is 6.42. The summed E-state index contributed by atoms with van der Waals surface area (Å²) in [5, 5.41) is 8.46. The van der Waals surface area contributed by atoms with Crippen LogP contribution in [0.4, 0.5) is 0 Å². The van der Waals surface area contributed by atoms with Crippen LogP contribution in [0.5, 0.6) is 0 Å². The molecule has 18 heavy (non-hydrogen) atoms. The Morgan fingerprint density at radius 3 is 2.78 bits per heavy atom. The smallest absolute Gasteiger partial charge is 0.223 e. The molecule has 1 saturated heterocycles. The van der Waals surface area contributed by atoms with Crippen LogP contribution < -0.4 is 5.32 Å². The molecule has 1 N–H and O–H groups in total. The molecule has 2 rings (SSSR count). The van der Waals surface area contributed by atoms with E-state index in [0.29, 0.717) is 12.4 Å². The fourth-order valence-corrected chi connectivity index (χ4v) is 3.29. The van der Waals surface area contributed by atoms with E-state index in [2.05, 4.69) is 34.3 Å². The third kappa shape index (κ3) is 3.04. The molecule has 1 aromatic heterocycles. The maximum absolute atomic E-state index is 4.92. The number of thioether (sulfide) groups is 1. The van der Waals surface area contributed by atoms with Gasteiger partial charge in [-0.1, -0.05) is 30.8 Å². The summed E-state index contributed by atoms with van der Waals surface area (Å²) < 4.78 is 4.92. The third-order valence-corrected chi connectivity index (χ3v) is 4.57. The van der Waals surface area contributed by atoms with E-state index in [1.165, 1.54) is 0 Å². The van der Waals surface area contributed by atoms with Gasteiger partial charge in [0.15, 0.2) is 11.0 Å². The van der Waals surface area contributed by atoms with Crippen LogP contribution >= 0.6 is 11.8 Å². The zero-order chi connectivity index (χ0) is 13.0. The lowest BCUT2D eigenvalue weighted by molar-refractivity contribution is 0.387. The average Bonchev–Trinajstić information content (AvgIpc) is 2.97. The highest BCUT2D eigenvalue weighted by Crippen LogP contribution is 2.28. The third-order valence-electron chi connectivity index (χ3n) is 3.37. The molecule has 1 fully saturated rings. The number of aromatic nitrogens is 2. The first-order chi connectivity index (χ1) is 8.67. The molecule has 0 spiro atoms. The molecule has 2 heterocycles. The van der Waals surface area contributed by atoms with Crippen LogP contribution in [0.1, 0.15) is 38.4 Å². The van der Waals surface area contributed by atoms with Crippen LogP contribution in [0.3, 0.4) is 0 Å². The molecule has 0 amide bonds. The molecule has 100 valence electrons. The molecule has 1 aliphatic rings. The number of nitrogens with zero attached hydrogens (tertiary/aromatic N) is 3. The molecule has 0 unspecified atom stereocenters. The van der Waals surface area contributed by atoms with Crippen molar-refractivity contribution < 1.29 is 4.52 Å². The highest BCUT2D eigenvalue weighted by atomic mass is 32.2. The van der Waals surface area contributed by atoms with E-state index in [-0.39, 0.29) is 5.54 Å². The van der Waals surface area contributed by atoms with Crippen molar-refractivity contribution in [3.8, 4) is 0 Å². The molecule has 0 aromatic carbocycles. The minimum absolute atomic E-state index is 0.242. The summed E-state index contributed by atoms with van der Waals surface area (Å²) in [4.78, 5) is 8.73. The van der Waals surface area contributed by atoms with Crippen LogP contribution in [-0.4, -0.2) is 33.1 Å². The highest BCUT2D eigenvalue weighted by molar-refractivity contribution is 8.14. The van der Waals surface area contributed by atoms with Crippen molar-refractivity contribution in [2.75, 3.05) is 12.3 Å². The summed E-state index contributed by atoms with van der Waals surface area (Å²) in [6.07, 6.45) is 3.01. The van der Waals surface area contributed by atoms with E-state index in [1.54, 1.807) is 6.92 Å². The fraction of sp³-hybridized carbons (Fsp3) is 0.750. The van der Waals surface area contributed by atoms with Crippen LogP contribution in [0.15, 0.2) is 9.52 Å². The Morgan fingerprint density at radius 2 is 2.22 bits per heavy atom. The summed E-state index contributed by atoms with van der Waals surface area (Å²) in [5.41, 5.74) is 0.242. The monoisotopic (exact) mass is 268 g/mol. The number of rotatable bonds is 5. The molecule has 0 saturated carbocycles. The van der Waals surface area contributed by atoms with Crippen LogP contribution in [-0.2, 0) is 6.42 Å². The zero-order valence-electron chi connectivity index (χ0n) is 11.2. The van der Waals surface area contributed by atoms with Gasteiger partial charge in [0.2, 0.25) is 5.89 Å². The minimum atomic E-state index is 0.242. The second-order valence-corrected chi connectivity index (χ2v) is 5.53. The van der Waals surface area contributed by atoms with Gasteiger partial charge in [0, 0.05) is 31.2 Å². The van der Waals surface area contributed by atoms with E-state index >= 15 is 0 Å². The Balaban J connectivity index is 1.84. The Hall–Kier alpha value is -1.04. The summed E-state index contributed by atoms with van der Waals surface area (Å²) >= 11 is 1.81. The number of nitrogens with one attached hydrogen (secondary N) is 1. The Bertz CT molecular complexity index is 425. The summed E-state index contributed by atoms with van der Waals surface area (Å²) in [6, 6.07) is 0. The predicted molar refractivity (Wildman–Crippen MR) is 73.9 cm³/mol. The van der Waals surface area contributed by atoms with E-state index in [9.17, 15) is 0 Å². The lowest BCUT2D eigenvalue weighted by Crippen LogP contribution is -2.42. The van der Waals surface area contributed by atoms with Gasteiger partial charge in [-0.05, 0) is 12.8 Å². The maximum atomic E-state index is 4.92. The Labute approximate surface area is 112 Å². The van der Waals surface area contributed by atoms with Crippen LogP contribution in [0.2, 0.25) is 0 Å².